The van der Waals surface area contributed by atoms with Crippen LogP contribution in [0.3, 0.4) is 0 Å². The van der Waals surface area contributed by atoms with Crippen molar-refractivity contribution in [3.05, 3.63) is 30.0 Å². The second-order valence-electron chi connectivity index (χ2n) is 9.10. The molecule has 33 heavy (non-hydrogen) atoms. The normalized spacial score (nSPS) is 23.3. The van der Waals surface area contributed by atoms with Crippen molar-refractivity contribution in [2.75, 3.05) is 13.2 Å². The molecule has 2 aliphatic rings. The molecule has 3 atom stereocenters. The third kappa shape index (κ3) is 4.68. The van der Waals surface area contributed by atoms with Gasteiger partial charge in [0.05, 0.1) is 17.6 Å². The van der Waals surface area contributed by atoms with Crippen LogP contribution in [-0.2, 0) is 20.2 Å². The number of fused-ring (bicyclic) bond motifs is 1. The van der Waals surface area contributed by atoms with E-state index in [0.29, 0.717) is 5.52 Å². The summed E-state index contributed by atoms with van der Waals surface area (Å²) in [6.07, 6.45) is -3.01. The number of carbonyl (C=O) groups is 2. The molecule has 4 rings (SSSR count). The first-order valence-corrected chi connectivity index (χ1v) is 10.6. The van der Waals surface area contributed by atoms with Crippen LogP contribution in [0, 0.1) is 0 Å². The number of carboxylic acids is 1. The lowest BCUT2D eigenvalue weighted by Gasteiger charge is -2.33. The standard InChI is InChI=1S/C22H25F2N3O6/c1-21(2,3)33-20(30)27-11-12(10-15(27)19(28)29)32-18-17(22(23,24)16-8-9-31-16)25-13-6-4-5-7-14(13)26-18/h4-7,12,15-16H,8-11H2,1-3H3,(H,28,29)/t12-,15+,16?/m1/s1. The van der Waals surface area contributed by atoms with Crippen LogP contribution < -0.4 is 4.74 Å². The van der Waals surface area contributed by atoms with Gasteiger partial charge in [0.1, 0.15) is 23.9 Å². The van der Waals surface area contributed by atoms with E-state index in [1.165, 1.54) is 0 Å². The highest BCUT2D eigenvalue weighted by atomic mass is 19.3. The Hall–Kier alpha value is -3.08. The molecule has 0 aliphatic carbocycles. The second-order valence-corrected chi connectivity index (χ2v) is 9.10. The molecule has 3 heterocycles. The summed E-state index contributed by atoms with van der Waals surface area (Å²) < 4.78 is 46.4. The van der Waals surface area contributed by atoms with E-state index in [-0.39, 0.29) is 31.5 Å². The zero-order chi connectivity index (χ0) is 24.0. The molecule has 1 N–H and O–H groups in total. The smallest absolute Gasteiger partial charge is 0.411 e. The summed E-state index contributed by atoms with van der Waals surface area (Å²) in [5, 5.41) is 9.58. The number of amides is 1. The molecule has 9 nitrogen and oxygen atoms in total. The number of carbonyl (C=O) groups excluding carboxylic acids is 1. The third-order valence-electron chi connectivity index (χ3n) is 5.41. The topological polar surface area (TPSA) is 111 Å². The first kappa shape index (κ1) is 23.1. The van der Waals surface area contributed by atoms with Crippen molar-refractivity contribution >= 4 is 23.1 Å². The van der Waals surface area contributed by atoms with Gasteiger partial charge in [0.15, 0.2) is 5.69 Å². The molecular formula is C22H25F2N3O6. The van der Waals surface area contributed by atoms with Crippen molar-refractivity contribution in [1.82, 2.24) is 14.9 Å². The van der Waals surface area contributed by atoms with Crippen molar-refractivity contribution in [1.29, 1.82) is 0 Å². The summed E-state index contributed by atoms with van der Waals surface area (Å²) >= 11 is 0. The Morgan fingerprint density at radius 1 is 1.18 bits per heavy atom. The molecule has 2 saturated heterocycles. The SMILES string of the molecule is CC(C)(C)OC(=O)N1C[C@H](Oc2nc3ccccc3nc2C(F)(F)C2CCO2)C[C@H]1C(=O)O. The van der Waals surface area contributed by atoms with E-state index in [1.54, 1.807) is 45.0 Å². The molecule has 0 spiro atoms. The molecule has 0 saturated carbocycles. The van der Waals surface area contributed by atoms with E-state index in [4.69, 9.17) is 14.2 Å². The molecular weight excluding hydrogens is 440 g/mol. The highest BCUT2D eigenvalue weighted by molar-refractivity contribution is 5.81. The van der Waals surface area contributed by atoms with Gasteiger partial charge in [0.25, 0.3) is 0 Å². The molecule has 178 valence electrons. The predicted molar refractivity (Wildman–Crippen MR) is 111 cm³/mol. The number of hydrogen-bond donors (Lipinski definition) is 1. The zero-order valence-electron chi connectivity index (χ0n) is 18.5. The van der Waals surface area contributed by atoms with Crippen LogP contribution in [0.2, 0.25) is 0 Å². The molecule has 2 aliphatic heterocycles. The summed E-state index contributed by atoms with van der Waals surface area (Å²) in [6.45, 7) is 5.04. The van der Waals surface area contributed by atoms with Crippen molar-refractivity contribution in [3.63, 3.8) is 0 Å². The van der Waals surface area contributed by atoms with Gasteiger partial charge in [0, 0.05) is 19.4 Å². The third-order valence-corrected chi connectivity index (χ3v) is 5.41. The average Bonchev–Trinajstić information content (AvgIpc) is 3.09. The van der Waals surface area contributed by atoms with Crippen LogP contribution in [0.1, 0.15) is 39.3 Å². The number of aliphatic carboxylic acids is 1. The number of halogens is 2. The maximum Gasteiger partial charge on any atom is 0.411 e. The monoisotopic (exact) mass is 465 g/mol. The van der Waals surface area contributed by atoms with E-state index in [9.17, 15) is 14.7 Å². The van der Waals surface area contributed by atoms with Crippen molar-refractivity contribution in [2.24, 2.45) is 0 Å². The van der Waals surface area contributed by atoms with Crippen molar-refractivity contribution in [3.8, 4) is 5.88 Å². The Labute approximate surface area is 188 Å². The molecule has 2 fully saturated rings. The number of hydrogen-bond acceptors (Lipinski definition) is 7. The molecule has 0 radical (unpaired) electrons. The molecule has 1 aromatic heterocycles. The number of rotatable bonds is 5. The lowest BCUT2D eigenvalue weighted by atomic mass is 10.0. The highest BCUT2D eigenvalue weighted by Gasteiger charge is 2.51. The minimum absolute atomic E-state index is 0.117. The Bertz CT molecular complexity index is 1070. The second kappa shape index (κ2) is 8.36. The van der Waals surface area contributed by atoms with Crippen molar-refractivity contribution in [2.45, 2.75) is 63.4 Å². The highest BCUT2D eigenvalue weighted by Crippen LogP contribution is 2.42. The molecule has 0 bridgehead atoms. The minimum Gasteiger partial charge on any atom is -0.480 e. The Morgan fingerprint density at radius 2 is 1.82 bits per heavy atom. The van der Waals surface area contributed by atoms with Gasteiger partial charge in [0.2, 0.25) is 5.88 Å². The van der Waals surface area contributed by atoms with Gasteiger partial charge in [-0.2, -0.15) is 8.78 Å². The number of ether oxygens (including phenoxy) is 3. The van der Waals surface area contributed by atoms with E-state index >= 15 is 8.78 Å². The van der Waals surface area contributed by atoms with E-state index in [1.807, 2.05) is 0 Å². The van der Waals surface area contributed by atoms with Crippen LogP contribution >= 0.6 is 0 Å². The molecule has 2 aromatic rings. The molecule has 1 aromatic carbocycles. The van der Waals surface area contributed by atoms with Crippen LogP contribution in [0.4, 0.5) is 13.6 Å². The fourth-order valence-corrected chi connectivity index (χ4v) is 3.75. The number of para-hydroxylation sites is 2. The predicted octanol–water partition coefficient (Wildman–Crippen LogP) is 3.35. The van der Waals surface area contributed by atoms with Gasteiger partial charge < -0.3 is 19.3 Å². The number of nitrogens with zero attached hydrogens (tertiary/aromatic N) is 3. The van der Waals surface area contributed by atoms with Crippen LogP contribution in [0.15, 0.2) is 24.3 Å². The lowest BCUT2D eigenvalue weighted by molar-refractivity contribution is -0.203. The Kier molecular flexibility index (Phi) is 5.85. The first-order valence-electron chi connectivity index (χ1n) is 10.6. The average molecular weight is 465 g/mol. The van der Waals surface area contributed by atoms with Gasteiger partial charge >= 0.3 is 18.0 Å². The number of alkyl halides is 2. The van der Waals surface area contributed by atoms with Gasteiger partial charge in [-0.05, 0) is 32.9 Å². The summed E-state index contributed by atoms with van der Waals surface area (Å²) in [7, 11) is 0. The Balaban J connectivity index is 1.64. The number of benzene rings is 1. The summed E-state index contributed by atoms with van der Waals surface area (Å²) in [6, 6.07) is 5.30. The minimum atomic E-state index is -3.46. The summed E-state index contributed by atoms with van der Waals surface area (Å²) in [5.74, 6) is -5.11. The first-order chi connectivity index (χ1) is 15.5. The van der Waals surface area contributed by atoms with Gasteiger partial charge in [-0.15, -0.1) is 0 Å². The van der Waals surface area contributed by atoms with Gasteiger partial charge in [-0.25, -0.2) is 19.6 Å². The van der Waals surface area contributed by atoms with E-state index < -0.39 is 53.4 Å². The number of aromatic nitrogens is 2. The fourth-order valence-electron chi connectivity index (χ4n) is 3.75. The van der Waals surface area contributed by atoms with Crippen LogP contribution in [-0.4, -0.2) is 69.0 Å². The molecule has 1 amide bonds. The fraction of sp³-hybridized carbons (Fsp3) is 0.545. The zero-order valence-corrected chi connectivity index (χ0v) is 18.5. The molecule has 11 heteroatoms. The number of likely N-dealkylation sites (tertiary alicyclic amines) is 1. The van der Waals surface area contributed by atoms with Gasteiger partial charge in [-0.3, -0.25) is 4.90 Å². The van der Waals surface area contributed by atoms with Crippen LogP contribution in [0.25, 0.3) is 11.0 Å². The van der Waals surface area contributed by atoms with Gasteiger partial charge in [-0.1, -0.05) is 12.1 Å². The molecule has 1 unspecified atom stereocenters. The van der Waals surface area contributed by atoms with E-state index in [2.05, 4.69) is 9.97 Å². The lowest BCUT2D eigenvalue weighted by Crippen LogP contribution is -2.43. The summed E-state index contributed by atoms with van der Waals surface area (Å²) in [5.41, 5.74) is -0.892. The van der Waals surface area contributed by atoms with E-state index in [0.717, 1.165) is 4.90 Å². The quantitative estimate of drug-likeness (QED) is 0.716. The Morgan fingerprint density at radius 3 is 2.36 bits per heavy atom. The van der Waals surface area contributed by atoms with Crippen LogP contribution in [0.5, 0.6) is 5.88 Å². The number of carboxylic acid groups (broad SMARTS) is 1. The van der Waals surface area contributed by atoms with Crippen molar-refractivity contribution < 1.29 is 37.7 Å². The maximum absolute atomic E-state index is 15.2. The maximum atomic E-state index is 15.2. The largest absolute Gasteiger partial charge is 0.480 e. The summed E-state index contributed by atoms with van der Waals surface area (Å²) in [4.78, 5) is 33.7.